The number of benzene rings is 1. The van der Waals surface area contributed by atoms with Gasteiger partial charge in [-0.15, -0.1) is 0 Å². The van der Waals surface area contributed by atoms with Crippen LogP contribution >= 0.6 is 11.8 Å². The van der Waals surface area contributed by atoms with Gasteiger partial charge in [0.1, 0.15) is 10.6 Å². The molecule has 1 atom stereocenters. The van der Waals surface area contributed by atoms with E-state index in [9.17, 15) is 8.42 Å². The summed E-state index contributed by atoms with van der Waals surface area (Å²) >= 11 is 1.83. The minimum absolute atomic E-state index is 0.181. The maximum absolute atomic E-state index is 12.6. The molecule has 2 aliphatic rings. The quantitative estimate of drug-likeness (QED) is 0.823. The van der Waals surface area contributed by atoms with Gasteiger partial charge in [-0.2, -0.15) is 11.8 Å². The van der Waals surface area contributed by atoms with Gasteiger partial charge in [-0.25, -0.2) is 13.1 Å². The number of nitrogens with one attached hydrogen (secondary N) is 1. The fraction of sp³-hybridized carbons (Fsp3) is 0.571. The topological polar surface area (TPSA) is 81.4 Å². The predicted molar refractivity (Wildman–Crippen MR) is 85.3 cm³/mol. The van der Waals surface area contributed by atoms with Crippen molar-refractivity contribution in [2.45, 2.75) is 35.8 Å². The lowest BCUT2D eigenvalue weighted by molar-refractivity contribution is 0.280. The smallest absolute Gasteiger partial charge is 0.244 e. The molecule has 7 heteroatoms. The first-order valence-corrected chi connectivity index (χ1v) is 9.76. The Hall–Kier alpha value is -0.920. The van der Waals surface area contributed by atoms with Crippen molar-refractivity contribution in [3.8, 4) is 5.75 Å². The Balaban J connectivity index is 1.85. The zero-order valence-corrected chi connectivity index (χ0v) is 13.4. The van der Waals surface area contributed by atoms with E-state index in [0.717, 1.165) is 37.0 Å². The standard InChI is InChI=1S/C14H20N2O3S2/c15-11-7-10-3-1-5-19-14(10)13(8-11)21(17,18)16-9-12-4-2-6-20-12/h7-8,12,16H,1-6,9,15H2. The van der Waals surface area contributed by atoms with Crippen LogP contribution in [0.1, 0.15) is 24.8 Å². The molecule has 0 saturated carbocycles. The van der Waals surface area contributed by atoms with E-state index in [1.54, 1.807) is 6.07 Å². The van der Waals surface area contributed by atoms with Gasteiger partial charge in [-0.3, -0.25) is 0 Å². The summed E-state index contributed by atoms with van der Waals surface area (Å²) in [7, 11) is -3.58. The van der Waals surface area contributed by atoms with Crippen LogP contribution in [0.15, 0.2) is 17.0 Å². The zero-order valence-electron chi connectivity index (χ0n) is 11.8. The molecule has 1 aromatic rings. The molecule has 0 amide bonds. The molecule has 1 fully saturated rings. The van der Waals surface area contributed by atoms with Crippen LogP contribution < -0.4 is 15.2 Å². The Morgan fingerprint density at radius 2 is 2.24 bits per heavy atom. The van der Waals surface area contributed by atoms with Crippen molar-refractivity contribution >= 4 is 27.5 Å². The Morgan fingerprint density at radius 3 is 3.00 bits per heavy atom. The first kappa shape index (κ1) is 15.0. The molecule has 1 unspecified atom stereocenters. The summed E-state index contributed by atoms with van der Waals surface area (Å²) in [5, 5.41) is 0.373. The Labute approximate surface area is 129 Å². The molecule has 0 radical (unpaired) electrons. The Kier molecular flexibility index (Phi) is 4.33. The van der Waals surface area contributed by atoms with Crippen LogP contribution in [0.25, 0.3) is 0 Å². The second-order valence-electron chi connectivity index (χ2n) is 5.45. The molecule has 3 N–H and O–H groups in total. The lowest BCUT2D eigenvalue weighted by atomic mass is 10.1. The van der Waals surface area contributed by atoms with Crippen molar-refractivity contribution in [2.24, 2.45) is 0 Å². The van der Waals surface area contributed by atoms with Crippen molar-refractivity contribution in [2.75, 3.05) is 24.6 Å². The van der Waals surface area contributed by atoms with Crippen LogP contribution in [0, 0.1) is 0 Å². The average Bonchev–Trinajstić information content (AvgIpc) is 2.97. The van der Waals surface area contributed by atoms with E-state index in [-0.39, 0.29) is 4.90 Å². The molecular formula is C14H20N2O3S2. The number of hydrogen-bond acceptors (Lipinski definition) is 5. The number of nitrogen functional groups attached to an aromatic ring is 1. The maximum Gasteiger partial charge on any atom is 0.244 e. The van der Waals surface area contributed by atoms with Gasteiger partial charge in [0.2, 0.25) is 10.0 Å². The molecule has 1 aromatic carbocycles. The Bertz CT molecular complexity index is 625. The number of thioether (sulfide) groups is 1. The van der Waals surface area contributed by atoms with E-state index < -0.39 is 10.0 Å². The molecule has 1 saturated heterocycles. The highest BCUT2D eigenvalue weighted by molar-refractivity contribution is 8.00. The van der Waals surface area contributed by atoms with Crippen molar-refractivity contribution in [1.29, 1.82) is 0 Å². The van der Waals surface area contributed by atoms with Crippen LogP contribution in [0.2, 0.25) is 0 Å². The second kappa shape index (κ2) is 6.06. The predicted octanol–water partition coefficient (Wildman–Crippen LogP) is 1.77. The summed E-state index contributed by atoms with van der Waals surface area (Å²) in [5.41, 5.74) is 7.20. The molecule has 0 spiro atoms. The molecule has 2 aliphatic heterocycles. The fourth-order valence-electron chi connectivity index (χ4n) is 2.76. The largest absolute Gasteiger partial charge is 0.492 e. The van der Waals surface area contributed by atoms with E-state index in [0.29, 0.717) is 29.8 Å². The van der Waals surface area contributed by atoms with Crippen LogP contribution in [0.3, 0.4) is 0 Å². The lowest BCUT2D eigenvalue weighted by Gasteiger charge is -2.21. The van der Waals surface area contributed by atoms with E-state index >= 15 is 0 Å². The molecule has 2 heterocycles. The molecule has 21 heavy (non-hydrogen) atoms. The highest BCUT2D eigenvalue weighted by Gasteiger charge is 2.26. The SMILES string of the molecule is Nc1cc2c(c(S(=O)(=O)NCC3CCCS3)c1)OCCC2. The highest BCUT2D eigenvalue weighted by atomic mass is 32.2. The van der Waals surface area contributed by atoms with Crippen LogP contribution in [-0.4, -0.2) is 32.6 Å². The molecule has 5 nitrogen and oxygen atoms in total. The number of rotatable bonds is 4. The van der Waals surface area contributed by atoms with Gasteiger partial charge in [0, 0.05) is 17.5 Å². The van der Waals surface area contributed by atoms with Crippen LogP contribution in [0.5, 0.6) is 5.75 Å². The second-order valence-corrected chi connectivity index (χ2v) is 8.59. The van der Waals surface area contributed by atoms with Crippen molar-refractivity contribution in [3.05, 3.63) is 17.7 Å². The third-order valence-corrected chi connectivity index (χ3v) is 6.63. The highest BCUT2D eigenvalue weighted by Crippen LogP contribution is 2.34. The normalized spacial score (nSPS) is 21.8. The Morgan fingerprint density at radius 1 is 1.38 bits per heavy atom. The molecule has 0 aromatic heterocycles. The first-order valence-electron chi connectivity index (χ1n) is 7.23. The maximum atomic E-state index is 12.6. The third kappa shape index (κ3) is 3.30. The van der Waals surface area contributed by atoms with Gasteiger partial charge in [0.05, 0.1) is 6.61 Å². The summed E-state index contributed by atoms with van der Waals surface area (Å²) in [6.07, 6.45) is 3.93. The van der Waals surface area contributed by atoms with Crippen molar-refractivity contribution in [1.82, 2.24) is 4.72 Å². The molecule has 0 aliphatic carbocycles. The minimum atomic E-state index is -3.58. The van der Waals surface area contributed by atoms with Gasteiger partial charge in [-0.05, 0) is 49.1 Å². The van der Waals surface area contributed by atoms with Gasteiger partial charge >= 0.3 is 0 Å². The summed E-state index contributed by atoms with van der Waals surface area (Å²) in [5.74, 6) is 1.59. The van der Waals surface area contributed by atoms with E-state index in [1.165, 1.54) is 6.07 Å². The fourth-order valence-corrected chi connectivity index (χ4v) is 5.36. The molecular weight excluding hydrogens is 308 g/mol. The van der Waals surface area contributed by atoms with E-state index in [2.05, 4.69) is 4.72 Å². The molecule has 116 valence electrons. The number of fused-ring (bicyclic) bond motifs is 1. The van der Waals surface area contributed by atoms with E-state index in [1.807, 2.05) is 11.8 Å². The van der Waals surface area contributed by atoms with Crippen LogP contribution in [-0.2, 0) is 16.4 Å². The first-order chi connectivity index (χ1) is 10.1. The number of sulfonamides is 1. The zero-order chi connectivity index (χ0) is 14.9. The van der Waals surface area contributed by atoms with Crippen molar-refractivity contribution < 1.29 is 13.2 Å². The number of ether oxygens (including phenoxy) is 1. The lowest BCUT2D eigenvalue weighted by Crippen LogP contribution is -2.30. The summed E-state index contributed by atoms with van der Waals surface area (Å²) in [6, 6.07) is 3.30. The summed E-state index contributed by atoms with van der Waals surface area (Å²) in [6.45, 7) is 1.02. The van der Waals surface area contributed by atoms with Crippen LogP contribution in [0.4, 0.5) is 5.69 Å². The van der Waals surface area contributed by atoms with Gasteiger partial charge in [0.25, 0.3) is 0 Å². The average molecular weight is 328 g/mol. The number of aryl methyl sites for hydroxylation is 1. The molecule has 0 bridgehead atoms. The molecule has 3 rings (SSSR count). The van der Waals surface area contributed by atoms with Gasteiger partial charge in [-0.1, -0.05) is 0 Å². The van der Waals surface area contributed by atoms with Gasteiger partial charge < -0.3 is 10.5 Å². The number of nitrogens with two attached hydrogens (primary N) is 1. The summed E-state index contributed by atoms with van der Waals surface area (Å²) in [4.78, 5) is 0.181. The minimum Gasteiger partial charge on any atom is -0.492 e. The summed E-state index contributed by atoms with van der Waals surface area (Å²) < 4.78 is 33.4. The van der Waals surface area contributed by atoms with Crippen molar-refractivity contribution in [3.63, 3.8) is 0 Å². The van der Waals surface area contributed by atoms with Gasteiger partial charge in [0.15, 0.2) is 0 Å². The number of hydrogen-bond donors (Lipinski definition) is 2. The number of anilines is 1. The van der Waals surface area contributed by atoms with E-state index in [4.69, 9.17) is 10.5 Å². The third-order valence-electron chi connectivity index (χ3n) is 3.81. The monoisotopic (exact) mass is 328 g/mol.